The van der Waals surface area contributed by atoms with Crippen LogP contribution in [0.5, 0.6) is 5.75 Å². The molecular formula is C16H17NO3. The number of aryl methyl sites for hydroxylation is 1. The minimum atomic E-state index is -0.715. The second kappa shape index (κ2) is 5.12. The maximum Gasteiger partial charge on any atom is 0.306 e. The molecule has 4 heteroatoms. The molecule has 2 aromatic rings. The van der Waals surface area contributed by atoms with Gasteiger partial charge in [0.1, 0.15) is 5.75 Å². The average Bonchev–Trinajstić information content (AvgIpc) is 3.24. The number of aliphatic carboxylic acids is 1. The summed E-state index contributed by atoms with van der Waals surface area (Å²) < 4.78 is 5.86. The highest BCUT2D eigenvalue weighted by molar-refractivity contribution is 5.85. The first-order chi connectivity index (χ1) is 9.69. The summed E-state index contributed by atoms with van der Waals surface area (Å²) in [5.41, 5.74) is 1.91. The van der Waals surface area contributed by atoms with E-state index < -0.39 is 5.97 Å². The van der Waals surface area contributed by atoms with Gasteiger partial charge in [-0.15, -0.1) is 0 Å². The lowest BCUT2D eigenvalue weighted by Crippen LogP contribution is -2.07. The highest BCUT2D eigenvalue weighted by Crippen LogP contribution is 2.39. The van der Waals surface area contributed by atoms with Crippen LogP contribution in [0, 0.1) is 11.8 Å². The largest absolute Gasteiger partial charge is 0.492 e. The van der Waals surface area contributed by atoms with Crippen molar-refractivity contribution in [2.45, 2.75) is 19.8 Å². The number of carboxylic acid groups (broad SMARTS) is 1. The molecule has 0 unspecified atom stereocenters. The van der Waals surface area contributed by atoms with Gasteiger partial charge in [0.15, 0.2) is 0 Å². The topological polar surface area (TPSA) is 59.4 Å². The van der Waals surface area contributed by atoms with Crippen molar-refractivity contribution < 1.29 is 14.6 Å². The zero-order valence-electron chi connectivity index (χ0n) is 11.4. The molecule has 1 heterocycles. The van der Waals surface area contributed by atoms with E-state index in [4.69, 9.17) is 9.84 Å². The van der Waals surface area contributed by atoms with Gasteiger partial charge in [0.25, 0.3) is 0 Å². The van der Waals surface area contributed by atoms with E-state index in [1.807, 2.05) is 30.3 Å². The summed E-state index contributed by atoms with van der Waals surface area (Å²) in [6.45, 7) is 2.52. The molecule has 1 aromatic heterocycles. The number of carboxylic acids is 1. The van der Waals surface area contributed by atoms with E-state index in [0.29, 0.717) is 6.61 Å². The number of hydrogen-bond donors (Lipinski definition) is 1. The maximum absolute atomic E-state index is 10.8. The van der Waals surface area contributed by atoms with Gasteiger partial charge in [-0.05, 0) is 25.0 Å². The van der Waals surface area contributed by atoms with Crippen LogP contribution in [0.4, 0.5) is 0 Å². The number of hydrogen-bond acceptors (Lipinski definition) is 3. The smallest absolute Gasteiger partial charge is 0.306 e. The molecule has 1 N–H and O–H groups in total. The number of aromatic nitrogens is 1. The predicted molar refractivity (Wildman–Crippen MR) is 75.8 cm³/mol. The van der Waals surface area contributed by atoms with Gasteiger partial charge in [0.2, 0.25) is 0 Å². The molecule has 1 saturated carbocycles. The SMILES string of the molecule is CCc1cc(OC[C@@H]2C[C@H]2C(=O)O)c2ccccc2n1. The third kappa shape index (κ3) is 2.46. The predicted octanol–water partition coefficient (Wildman–Crippen LogP) is 2.90. The third-order valence-corrected chi connectivity index (χ3v) is 3.79. The average molecular weight is 271 g/mol. The first kappa shape index (κ1) is 12.9. The van der Waals surface area contributed by atoms with Crippen LogP contribution >= 0.6 is 0 Å². The second-order valence-corrected chi connectivity index (χ2v) is 5.23. The summed E-state index contributed by atoms with van der Waals surface area (Å²) >= 11 is 0. The number of carbonyl (C=O) groups is 1. The number of fused-ring (bicyclic) bond motifs is 1. The van der Waals surface area contributed by atoms with Crippen LogP contribution in [0.25, 0.3) is 10.9 Å². The van der Waals surface area contributed by atoms with Crippen molar-refractivity contribution >= 4 is 16.9 Å². The molecule has 2 atom stereocenters. The van der Waals surface area contributed by atoms with Crippen LogP contribution in [-0.2, 0) is 11.2 Å². The summed E-state index contributed by atoms with van der Waals surface area (Å²) in [5.74, 6) is 0.00849. The second-order valence-electron chi connectivity index (χ2n) is 5.23. The Morgan fingerprint density at radius 1 is 1.45 bits per heavy atom. The standard InChI is InChI=1S/C16H17NO3/c1-2-11-8-15(12-5-3-4-6-14(12)17-11)20-9-10-7-13(10)16(18)19/h3-6,8,10,13H,2,7,9H2,1H3,(H,18,19)/t10-,13+/m0/s1. The van der Waals surface area contributed by atoms with Crippen molar-refractivity contribution in [3.8, 4) is 5.75 Å². The van der Waals surface area contributed by atoms with Gasteiger partial charge in [0.05, 0.1) is 18.0 Å². The zero-order chi connectivity index (χ0) is 14.1. The van der Waals surface area contributed by atoms with E-state index in [-0.39, 0.29) is 11.8 Å². The van der Waals surface area contributed by atoms with Crippen LogP contribution < -0.4 is 4.74 Å². The van der Waals surface area contributed by atoms with Gasteiger partial charge in [0, 0.05) is 23.1 Å². The van der Waals surface area contributed by atoms with Crippen molar-refractivity contribution in [2.24, 2.45) is 11.8 Å². The molecule has 1 aliphatic rings. The number of benzene rings is 1. The lowest BCUT2D eigenvalue weighted by Gasteiger charge is -2.10. The van der Waals surface area contributed by atoms with Crippen molar-refractivity contribution in [3.63, 3.8) is 0 Å². The monoisotopic (exact) mass is 271 g/mol. The molecule has 4 nitrogen and oxygen atoms in total. The summed E-state index contributed by atoms with van der Waals surface area (Å²) in [7, 11) is 0. The van der Waals surface area contributed by atoms with Gasteiger partial charge >= 0.3 is 5.97 Å². The molecule has 0 saturated heterocycles. The molecule has 0 amide bonds. The molecule has 3 rings (SSSR count). The fourth-order valence-electron chi connectivity index (χ4n) is 2.43. The van der Waals surface area contributed by atoms with Gasteiger partial charge in [-0.25, -0.2) is 0 Å². The van der Waals surface area contributed by atoms with E-state index in [1.54, 1.807) is 0 Å². The Balaban J connectivity index is 1.81. The zero-order valence-corrected chi connectivity index (χ0v) is 11.4. The fourth-order valence-corrected chi connectivity index (χ4v) is 2.43. The fraction of sp³-hybridized carbons (Fsp3) is 0.375. The molecule has 0 aliphatic heterocycles. The summed E-state index contributed by atoms with van der Waals surface area (Å²) in [6.07, 6.45) is 1.57. The summed E-state index contributed by atoms with van der Waals surface area (Å²) in [4.78, 5) is 15.4. The Kier molecular flexibility index (Phi) is 3.30. The number of para-hydroxylation sites is 1. The lowest BCUT2D eigenvalue weighted by atomic mass is 10.1. The molecule has 1 fully saturated rings. The van der Waals surface area contributed by atoms with Gasteiger partial charge in [-0.2, -0.15) is 0 Å². The summed E-state index contributed by atoms with van der Waals surface area (Å²) in [6, 6.07) is 9.83. The van der Waals surface area contributed by atoms with Crippen molar-refractivity contribution in [1.29, 1.82) is 0 Å². The van der Waals surface area contributed by atoms with Crippen LogP contribution in [0.15, 0.2) is 30.3 Å². The van der Waals surface area contributed by atoms with Crippen LogP contribution in [0.3, 0.4) is 0 Å². The number of pyridine rings is 1. The van der Waals surface area contributed by atoms with Crippen LogP contribution in [-0.4, -0.2) is 22.7 Å². The van der Waals surface area contributed by atoms with Gasteiger partial charge in [-0.1, -0.05) is 19.1 Å². The Morgan fingerprint density at radius 2 is 2.25 bits per heavy atom. The molecule has 0 radical (unpaired) electrons. The Hall–Kier alpha value is -2.10. The Morgan fingerprint density at radius 3 is 2.95 bits per heavy atom. The Bertz CT molecular complexity index is 653. The van der Waals surface area contributed by atoms with E-state index >= 15 is 0 Å². The molecule has 0 spiro atoms. The van der Waals surface area contributed by atoms with Crippen molar-refractivity contribution in [2.75, 3.05) is 6.61 Å². The Labute approximate surface area is 117 Å². The van der Waals surface area contributed by atoms with E-state index in [2.05, 4.69) is 11.9 Å². The van der Waals surface area contributed by atoms with Crippen molar-refractivity contribution in [1.82, 2.24) is 4.98 Å². The molecular weight excluding hydrogens is 254 g/mol. The number of nitrogens with zero attached hydrogens (tertiary/aromatic N) is 1. The first-order valence-corrected chi connectivity index (χ1v) is 6.93. The molecule has 1 aliphatic carbocycles. The number of rotatable bonds is 5. The van der Waals surface area contributed by atoms with E-state index in [0.717, 1.165) is 35.2 Å². The van der Waals surface area contributed by atoms with E-state index in [9.17, 15) is 4.79 Å². The molecule has 20 heavy (non-hydrogen) atoms. The number of ether oxygens (including phenoxy) is 1. The summed E-state index contributed by atoms with van der Waals surface area (Å²) in [5, 5.41) is 9.89. The normalized spacial score (nSPS) is 20.9. The van der Waals surface area contributed by atoms with Crippen LogP contribution in [0.2, 0.25) is 0 Å². The molecule has 0 bridgehead atoms. The van der Waals surface area contributed by atoms with E-state index in [1.165, 1.54) is 0 Å². The van der Waals surface area contributed by atoms with Crippen molar-refractivity contribution in [3.05, 3.63) is 36.0 Å². The molecule has 1 aromatic carbocycles. The van der Waals surface area contributed by atoms with Gasteiger partial charge < -0.3 is 9.84 Å². The lowest BCUT2D eigenvalue weighted by molar-refractivity contribution is -0.138. The first-order valence-electron chi connectivity index (χ1n) is 6.93. The maximum atomic E-state index is 10.8. The minimum Gasteiger partial charge on any atom is -0.492 e. The highest BCUT2D eigenvalue weighted by atomic mass is 16.5. The molecule has 104 valence electrons. The third-order valence-electron chi connectivity index (χ3n) is 3.79. The quantitative estimate of drug-likeness (QED) is 0.908. The van der Waals surface area contributed by atoms with Gasteiger partial charge in [-0.3, -0.25) is 9.78 Å². The van der Waals surface area contributed by atoms with Crippen LogP contribution in [0.1, 0.15) is 19.0 Å². The highest BCUT2D eigenvalue weighted by Gasteiger charge is 2.43. The minimum absolute atomic E-state index is 0.143.